The van der Waals surface area contributed by atoms with Gasteiger partial charge >= 0.3 is 0 Å². The summed E-state index contributed by atoms with van der Waals surface area (Å²) in [5.41, 5.74) is 0.955. The quantitative estimate of drug-likeness (QED) is 0.390. The molecule has 22 heavy (non-hydrogen) atoms. The molecule has 0 radical (unpaired) electrons. The molecule has 0 aromatic heterocycles. The Kier molecular flexibility index (Phi) is 8.37. The lowest BCUT2D eigenvalue weighted by Crippen LogP contribution is -2.42. The summed E-state index contributed by atoms with van der Waals surface area (Å²) in [5.74, 6) is 1.48. The van der Waals surface area contributed by atoms with Crippen LogP contribution in [0.5, 0.6) is 11.5 Å². The summed E-state index contributed by atoms with van der Waals surface area (Å²) >= 11 is 0. The zero-order valence-corrected chi connectivity index (χ0v) is 15.6. The first-order valence-corrected chi connectivity index (χ1v) is 7.63. The summed E-state index contributed by atoms with van der Waals surface area (Å²) in [7, 11) is 1.54. The summed E-state index contributed by atoms with van der Waals surface area (Å²) in [6.07, 6.45) is 5.02. The largest absolute Gasteiger partial charge is 0.504 e. The van der Waals surface area contributed by atoms with Gasteiger partial charge in [0.2, 0.25) is 0 Å². The first-order valence-electron chi connectivity index (χ1n) is 7.63. The van der Waals surface area contributed by atoms with E-state index in [2.05, 4.69) is 22.5 Å². The van der Waals surface area contributed by atoms with Crippen molar-refractivity contribution in [1.29, 1.82) is 0 Å². The third-order valence-corrected chi connectivity index (χ3v) is 3.70. The predicted octanol–water partition coefficient (Wildman–Crippen LogP) is 3.02. The van der Waals surface area contributed by atoms with Crippen molar-refractivity contribution in [3.63, 3.8) is 0 Å². The van der Waals surface area contributed by atoms with Crippen LogP contribution in [0.2, 0.25) is 0 Å². The van der Waals surface area contributed by atoms with Crippen molar-refractivity contribution in [1.82, 2.24) is 10.6 Å². The number of ether oxygens (including phenoxy) is 1. The first kappa shape index (κ1) is 18.9. The number of phenols is 1. The molecule has 3 N–H and O–H groups in total. The number of benzene rings is 1. The van der Waals surface area contributed by atoms with Crippen LogP contribution in [0.4, 0.5) is 0 Å². The third-order valence-electron chi connectivity index (χ3n) is 3.70. The highest BCUT2D eigenvalue weighted by atomic mass is 127. The van der Waals surface area contributed by atoms with Crippen molar-refractivity contribution in [2.75, 3.05) is 13.7 Å². The number of methoxy groups -OCH3 is 1. The Bertz CT molecular complexity index is 488. The zero-order valence-electron chi connectivity index (χ0n) is 13.3. The zero-order chi connectivity index (χ0) is 15.1. The molecule has 5 nitrogen and oxygen atoms in total. The van der Waals surface area contributed by atoms with Crippen LogP contribution in [0.1, 0.15) is 38.2 Å². The SMILES string of the molecule is CCNC(=NCc1ccc(OC)c(O)c1)NC1CCCC1.I. The van der Waals surface area contributed by atoms with Gasteiger partial charge in [-0.2, -0.15) is 0 Å². The molecular formula is C16H26IN3O2. The lowest BCUT2D eigenvalue weighted by molar-refractivity contribution is 0.373. The van der Waals surface area contributed by atoms with Crippen LogP contribution < -0.4 is 15.4 Å². The van der Waals surface area contributed by atoms with Gasteiger partial charge < -0.3 is 20.5 Å². The minimum atomic E-state index is 0. The first-order chi connectivity index (χ1) is 10.2. The summed E-state index contributed by atoms with van der Waals surface area (Å²) in [5, 5.41) is 16.5. The molecule has 2 rings (SSSR count). The second kappa shape index (κ2) is 9.76. The number of phenolic OH excluding ortho intramolecular Hbond substituents is 1. The lowest BCUT2D eigenvalue weighted by atomic mass is 10.2. The van der Waals surface area contributed by atoms with Crippen molar-refractivity contribution in [2.45, 2.75) is 45.2 Å². The fraction of sp³-hybridized carbons (Fsp3) is 0.562. The molecule has 1 aliphatic carbocycles. The highest BCUT2D eigenvalue weighted by molar-refractivity contribution is 14.0. The van der Waals surface area contributed by atoms with Crippen molar-refractivity contribution in [2.24, 2.45) is 4.99 Å². The molecule has 0 amide bonds. The van der Waals surface area contributed by atoms with E-state index in [4.69, 9.17) is 4.74 Å². The molecule has 0 aliphatic heterocycles. The van der Waals surface area contributed by atoms with E-state index in [0.717, 1.165) is 18.1 Å². The smallest absolute Gasteiger partial charge is 0.191 e. The number of hydrogen-bond acceptors (Lipinski definition) is 3. The minimum absolute atomic E-state index is 0. The molecule has 0 spiro atoms. The van der Waals surface area contributed by atoms with Crippen molar-refractivity contribution in [3.05, 3.63) is 23.8 Å². The standard InChI is InChI=1S/C16H25N3O2.HI/c1-3-17-16(19-13-6-4-5-7-13)18-11-12-8-9-15(21-2)14(20)10-12;/h8-10,13,20H,3-7,11H2,1-2H3,(H2,17,18,19);1H. The Labute approximate surface area is 149 Å². The van der Waals surface area contributed by atoms with Gasteiger partial charge in [0.25, 0.3) is 0 Å². The monoisotopic (exact) mass is 419 g/mol. The van der Waals surface area contributed by atoms with Gasteiger partial charge in [-0.05, 0) is 37.5 Å². The van der Waals surface area contributed by atoms with Crippen molar-refractivity contribution < 1.29 is 9.84 Å². The van der Waals surface area contributed by atoms with E-state index in [0.29, 0.717) is 18.3 Å². The highest BCUT2D eigenvalue weighted by Gasteiger charge is 2.15. The van der Waals surface area contributed by atoms with E-state index in [-0.39, 0.29) is 29.7 Å². The van der Waals surface area contributed by atoms with Crippen molar-refractivity contribution in [3.8, 4) is 11.5 Å². The van der Waals surface area contributed by atoms with Crippen LogP contribution in [-0.4, -0.2) is 30.8 Å². The lowest BCUT2D eigenvalue weighted by Gasteiger charge is -2.16. The van der Waals surface area contributed by atoms with Crippen LogP contribution >= 0.6 is 24.0 Å². The Morgan fingerprint density at radius 2 is 2.09 bits per heavy atom. The van der Waals surface area contributed by atoms with E-state index in [1.165, 1.54) is 25.7 Å². The second-order valence-electron chi connectivity index (χ2n) is 5.33. The van der Waals surface area contributed by atoms with Crippen LogP contribution in [0, 0.1) is 0 Å². The molecule has 1 aliphatic rings. The summed E-state index contributed by atoms with van der Waals surface area (Å²) in [6, 6.07) is 5.91. The number of nitrogens with zero attached hydrogens (tertiary/aromatic N) is 1. The van der Waals surface area contributed by atoms with Crippen LogP contribution in [-0.2, 0) is 6.54 Å². The third kappa shape index (κ3) is 5.55. The predicted molar refractivity (Wildman–Crippen MR) is 100 cm³/mol. The summed E-state index contributed by atoms with van der Waals surface area (Å²) < 4.78 is 5.04. The molecule has 1 aromatic carbocycles. The van der Waals surface area contributed by atoms with Gasteiger partial charge in [0.15, 0.2) is 17.5 Å². The van der Waals surface area contributed by atoms with Gasteiger partial charge in [-0.1, -0.05) is 18.9 Å². The van der Waals surface area contributed by atoms with Gasteiger partial charge in [0, 0.05) is 12.6 Å². The van der Waals surface area contributed by atoms with Gasteiger partial charge in [-0.15, -0.1) is 24.0 Å². The molecule has 1 aromatic rings. The van der Waals surface area contributed by atoms with E-state index < -0.39 is 0 Å². The average Bonchev–Trinajstić information content (AvgIpc) is 2.98. The molecule has 0 unspecified atom stereocenters. The molecule has 0 saturated heterocycles. The maximum Gasteiger partial charge on any atom is 0.191 e. The summed E-state index contributed by atoms with van der Waals surface area (Å²) in [6.45, 7) is 3.43. The average molecular weight is 419 g/mol. The van der Waals surface area contributed by atoms with E-state index in [9.17, 15) is 5.11 Å². The molecular weight excluding hydrogens is 393 g/mol. The van der Waals surface area contributed by atoms with E-state index >= 15 is 0 Å². The molecule has 0 bridgehead atoms. The number of rotatable bonds is 5. The fourth-order valence-corrected chi connectivity index (χ4v) is 2.59. The topological polar surface area (TPSA) is 65.9 Å². The normalized spacial score (nSPS) is 15.3. The second-order valence-corrected chi connectivity index (χ2v) is 5.33. The molecule has 124 valence electrons. The highest BCUT2D eigenvalue weighted by Crippen LogP contribution is 2.26. The van der Waals surface area contributed by atoms with Gasteiger partial charge in [-0.25, -0.2) is 4.99 Å². The maximum absolute atomic E-state index is 9.79. The molecule has 1 saturated carbocycles. The van der Waals surface area contributed by atoms with E-state index in [1.807, 2.05) is 6.07 Å². The molecule has 0 atom stereocenters. The van der Waals surface area contributed by atoms with Crippen LogP contribution in [0.25, 0.3) is 0 Å². The van der Waals surface area contributed by atoms with Gasteiger partial charge in [0.1, 0.15) is 0 Å². The number of aliphatic imine (C=N–C) groups is 1. The molecule has 6 heteroatoms. The number of nitrogens with one attached hydrogen (secondary N) is 2. The van der Waals surface area contributed by atoms with Crippen molar-refractivity contribution >= 4 is 29.9 Å². The number of hydrogen-bond donors (Lipinski definition) is 3. The van der Waals surface area contributed by atoms with E-state index in [1.54, 1.807) is 19.2 Å². The Morgan fingerprint density at radius 3 is 2.68 bits per heavy atom. The number of guanidine groups is 1. The minimum Gasteiger partial charge on any atom is -0.504 e. The molecule has 0 heterocycles. The van der Waals surface area contributed by atoms with Crippen LogP contribution in [0.3, 0.4) is 0 Å². The Morgan fingerprint density at radius 1 is 1.36 bits per heavy atom. The Hall–Kier alpha value is -1.18. The molecule has 1 fully saturated rings. The van der Waals surface area contributed by atoms with Gasteiger partial charge in [0.05, 0.1) is 13.7 Å². The van der Waals surface area contributed by atoms with Crippen LogP contribution in [0.15, 0.2) is 23.2 Å². The van der Waals surface area contributed by atoms with Gasteiger partial charge in [-0.3, -0.25) is 0 Å². The number of aromatic hydroxyl groups is 1. The number of halogens is 1. The maximum atomic E-state index is 9.79. The summed E-state index contributed by atoms with van der Waals surface area (Å²) in [4.78, 5) is 4.59. The fourth-order valence-electron chi connectivity index (χ4n) is 2.59. The Balaban J connectivity index is 0.00000242.